The second-order valence-corrected chi connectivity index (χ2v) is 3.88. The highest BCUT2D eigenvalue weighted by Gasteiger charge is 2.17. The number of ketones is 1. The van der Waals surface area contributed by atoms with E-state index in [1.54, 1.807) is 14.0 Å². The van der Waals surface area contributed by atoms with Gasteiger partial charge in [0.25, 0.3) is 0 Å². The zero-order valence-corrected chi connectivity index (χ0v) is 9.44. The third-order valence-corrected chi connectivity index (χ3v) is 2.39. The lowest BCUT2D eigenvalue weighted by molar-refractivity contribution is 0.0926. The van der Waals surface area contributed by atoms with Crippen LogP contribution < -0.4 is 5.32 Å². The third-order valence-electron chi connectivity index (χ3n) is 2.15. The minimum absolute atomic E-state index is 0.0992. The molecule has 0 fully saturated rings. The van der Waals surface area contributed by atoms with Gasteiger partial charge in [-0.25, -0.2) is 4.39 Å². The quantitative estimate of drug-likeness (QED) is 0.804. The Kier molecular flexibility index (Phi) is 4.24. The smallest absolute Gasteiger partial charge is 0.169 e. The Morgan fingerprint density at radius 2 is 2.27 bits per heavy atom. The molecule has 2 nitrogen and oxygen atoms in total. The summed E-state index contributed by atoms with van der Waals surface area (Å²) in [4.78, 5) is 11.7. The fourth-order valence-corrected chi connectivity index (χ4v) is 1.51. The lowest BCUT2D eigenvalue weighted by Crippen LogP contribution is -2.24. The van der Waals surface area contributed by atoms with Gasteiger partial charge in [-0.1, -0.05) is 18.5 Å². The van der Waals surface area contributed by atoms with Gasteiger partial charge >= 0.3 is 0 Å². The van der Waals surface area contributed by atoms with Gasteiger partial charge in [0.15, 0.2) is 5.78 Å². The summed E-state index contributed by atoms with van der Waals surface area (Å²) in [5.74, 6) is -1.01. The molecule has 0 radical (unpaired) electrons. The van der Waals surface area contributed by atoms with Crippen molar-refractivity contribution in [2.24, 2.45) is 5.92 Å². The highest BCUT2D eigenvalue weighted by Crippen LogP contribution is 2.17. The molecule has 0 saturated carbocycles. The van der Waals surface area contributed by atoms with Crippen molar-refractivity contribution in [3.63, 3.8) is 0 Å². The summed E-state index contributed by atoms with van der Waals surface area (Å²) in [6, 6.07) is 4.09. The van der Waals surface area contributed by atoms with Crippen LogP contribution in [0.3, 0.4) is 0 Å². The molecule has 0 aliphatic rings. The standard InChI is InChI=1S/C11H13ClFNO/c1-7(6-14-2)11(15)9-4-3-8(12)5-10(9)13/h3-5,7,14H,6H2,1-2H3. The average molecular weight is 230 g/mol. The van der Waals surface area contributed by atoms with E-state index in [9.17, 15) is 9.18 Å². The number of rotatable bonds is 4. The molecule has 1 rings (SSSR count). The van der Waals surface area contributed by atoms with Crippen molar-refractivity contribution in [2.45, 2.75) is 6.92 Å². The molecule has 0 amide bonds. The first kappa shape index (κ1) is 12.1. The lowest BCUT2D eigenvalue weighted by Gasteiger charge is -2.10. The predicted molar refractivity (Wildman–Crippen MR) is 58.8 cm³/mol. The van der Waals surface area contributed by atoms with Crippen LogP contribution in [0.1, 0.15) is 17.3 Å². The molecule has 1 aromatic carbocycles. The second kappa shape index (κ2) is 5.24. The van der Waals surface area contributed by atoms with Gasteiger partial charge in [0.05, 0.1) is 5.56 Å². The van der Waals surface area contributed by atoms with E-state index < -0.39 is 5.82 Å². The van der Waals surface area contributed by atoms with Crippen molar-refractivity contribution >= 4 is 17.4 Å². The summed E-state index contributed by atoms with van der Waals surface area (Å²) >= 11 is 5.60. The predicted octanol–water partition coefficient (Wildman–Crippen LogP) is 2.52. The highest BCUT2D eigenvalue weighted by molar-refractivity contribution is 6.30. The van der Waals surface area contributed by atoms with E-state index in [2.05, 4.69) is 5.32 Å². The van der Waals surface area contributed by atoms with Crippen molar-refractivity contribution < 1.29 is 9.18 Å². The van der Waals surface area contributed by atoms with Crippen LogP contribution in [0.2, 0.25) is 5.02 Å². The number of halogens is 2. The van der Waals surface area contributed by atoms with E-state index in [-0.39, 0.29) is 17.3 Å². The number of carbonyl (C=O) groups excluding carboxylic acids is 1. The summed E-state index contributed by atoms with van der Waals surface area (Å²) in [6.45, 7) is 2.29. The molecule has 82 valence electrons. The maximum absolute atomic E-state index is 13.4. The molecule has 0 spiro atoms. The van der Waals surface area contributed by atoms with Crippen molar-refractivity contribution in [3.8, 4) is 0 Å². The van der Waals surface area contributed by atoms with E-state index in [1.807, 2.05) is 0 Å². The maximum atomic E-state index is 13.4. The molecular weight excluding hydrogens is 217 g/mol. The average Bonchev–Trinajstić information content (AvgIpc) is 2.17. The molecule has 0 aromatic heterocycles. The van der Waals surface area contributed by atoms with Gasteiger partial charge in [-0.3, -0.25) is 4.79 Å². The molecular formula is C11H13ClFNO. The summed E-state index contributed by atoms with van der Waals surface area (Å²) in [5, 5.41) is 3.18. The van der Waals surface area contributed by atoms with E-state index in [4.69, 9.17) is 11.6 Å². The number of hydrogen-bond donors (Lipinski definition) is 1. The van der Waals surface area contributed by atoms with Crippen molar-refractivity contribution in [1.82, 2.24) is 5.32 Å². The van der Waals surface area contributed by atoms with Gasteiger partial charge < -0.3 is 5.32 Å². The van der Waals surface area contributed by atoms with Crippen LogP contribution in [-0.2, 0) is 0 Å². The highest BCUT2D eigenvalue weighted by atomic mass is 35.5. The van der Waals surface area contributed by atoms with E-state index in [0.717, 1.165) is 6.07 Å². The first-order valence-corrected chi connectivity index (χ1v) is 5.08. The van der Waals surface area contributed by atoms with Gasteiger partial charge in [0.1, 0.15) is 5.82 Å². The largest absolute Gasteiger partial charge is 0.319 e. The topological polar surface area (TPSA) is 29.1 Å². The third kappa shape index (κ3) is 3.01. The molecule has 1 unspecified atom stereocenters. The first-order chi connectivity index (χ1) is 7.06. The van der Waals surface area contributed by atoms with Crippen LogP contribution in [-0.4, -0.2) is 19.4 Å². The summed E-state index contributed by atoms with van der Waals surface area (Å²) in [5.41, 5.74) is 0.0992. The Morgan fingerprint density at radius 3 is 2.80 bits per heavy atom. The van der Waals surface area contributed by atoms with E-state index >= 15 is 0 Å². The fourth-order valence-electron chi connectivity index (χ4n) is 1.35. The van der Waals surface area contributed by atoms with Crippen LogP contribution in [0, 0.1) is 11.7 Å². The van der Waals surface area contributed by atoms with Crippen molar-refractivity contribution in [1.29, 1.82) is 0 Å². The Hall–Kier alpha value is -0.930. The zero-order chi connectivity index (χ0) is 11.4. The normalized spacial score (nSPS) is 12.5. The minimum Gasteiger partial charge on any atom is -0.319 e. The maximum Gasteiger partial charge on any atom is 0.169 e. The van der Waals surface area contributed by atoms with Crippen molar-refractivity contribution in [2.75, 3.05) is 13.6 Å². The molecule has 1 N–H and O–H groups in total. The molecule has 0 heterocycles. The van der Waals surface area contributed by atoms with E-state index in [0.29, 0.717) is 11.6 Å². The first-order valence-electron chi connectivity index (χ1n) is 4.70. The Morgan fingerprint density at radius 1 is 1.60 bits per heavy atom. The zero-order valence-electron chi connectivity index (χ0n) is 8.68. The molecule has 0 bridgehead atoms. The van der Waals surface area contributed by atoms with Crippen LogP contribution >= 0.6 is 11.6 Å². The number of Topliss-reactive ketones (excluding diaryl/α,β-unsaturated/α-hetero) is 1. The summed E-state index contributed by atoms with van der Waals surface area (Å²) in [7, 11) is 1.75. The number of carbonyl (C=O) groups is 1. The van der Waals surface area contributed by atoms with Gasteiger partial charge in [-0.2, -0.15) is 0 Å². The lowest BCUT2D eigenvalue weighted by atomic mass is 9.99. The number of hydrogen-bond acceptors (Lipinski definition) is 2. The molecule has 0 saturated heterocycles. The van der Waals surface area contributed by atoms with Crippen LogP contribution in [0.25, 0.3) is 0 Å². The Labute approximate surface area is 93.4 Å². The van der Waals surface area contributed by atoms with Crippen LogP contribution in [0.5, 0.6) is 0 Å². The summed E-state index contributed by atoms with van der Waals surface area (Å²) < 4.78 is 13.4. The van der Waals surface area contributed by atoms with Gasteiger partial charge in [-0.15, -0.1) is 0 Å². The SMILES string of the molecule is CNCC(C)C(=O)c1ccc(Cl)cc1F. The molecule has 0 aliphatic heterocycles. The fraction of sp³-hybridized carbons (Fsp3) is 0.364. The second-order valence-electron chi connectivity index (χ2n) is 3.45. The Bertz CT molecular complexity index is 368. The number of nitrogens with one attached hydrogen (secondary N) is 1. The van der Waals surface area contributed by atoms with Gasteiger partial charge in [-0.05, 0) is 25.2 Å². The number of benzene rings is 1. The van der Waals surface area contributed by atoms with Crippen LogP contribution in [0.4, 0.5) is 4.39 Å². The van der Waals surface area contributed by atoms with Gasteiger partial charge in [0, 0.05) is 17.5 Å². The molecule has 15 heavy (non-hydrogen) atoms. The molecule has 0 aliphatic carbocycles. The van der Waals surface area contributed by atoms with Crippen LogP contribution in [0.15, 0.2) is 18.2 Å². The minimum atomic E-state index is -0.560. The molecule has 4 heteroatoms. The van der Waals surface area contributed by atoms with Gasteiger partial charge in [0.2, 0.25) is 0 Å². The van der Waals surface area contributed by atoms with Crippen molar-refractivity contribution in [3.05, 3.63) is 34.6 Å². The summed E-state index contributed by atoms with van der Waals surface area (Å²) in [6.07, 6.45) is 0. The molecule has 1 atom stereocenters. The monoisotopic (exact) mass is 229 g/mol. The van der Waals surface area contributed by atoms with E-state index in [1.165, 1.54) is 12.1 Å². The Balaban J connectivity index is 2.91. The molecule has 1 aromatic rings.